The van der Waals surface area contributed by atoms with Gasteiger partial charge in [0, 0.05) is 30.4 Å². The number of methoxy groups -OCH3 is 1. The molecule has 1 aliphatic heterocycles. The minimum atomic E-state index is -3.19. The van der Waals surface area contributed by atoms with E-state index in [0.29, 0.717) is 12.3 Å². The molecule has 1 aliphatic rings. The molecule has 1 aromatic carbocycles. The molecule has 1 amide bonds. The van der Waals surface area contributed by atoms with Gasteiger partial charge in [0.05, 0.1) is 37.3 Å². The predicted molar refractivity (Wildman–Crippen MR) is 97.7 cm³/mol. The van der Waals surface area contributed by atoms with E-state index in [0.717, 1.165) is 11.1 Å². The van der Waals surface area contributed by atoms with Gasteiger partial charge in [0.25, 0.3) is 0 Å². The van der Waals surface area contributed by atoms with Gasteiger partial charge < -0.3 is 9.64 Å². The van der Waals surface area contributed by atoms with Crippen LogP contribution < -0.4 is 4.74 Å². The molecule has 0 N–H and O–H groups in total. The van der Waals surface area contributed by atoms with Crippen molar-refractivity contribution in [2.45, 2.75) is 25.9 Å². The smallest absolute Gasteiger partial charge is 0.227 e. The standard InChI is InChI=1S/C18H23N3O4S/c1-3-20-12-15(11-19-20)16-13-26(23,24)9-8-21(16)18(22)10-14-6-4-5-7-17(14)25-2/h4-7,11-12,16H,3,8-10,13H2,1-2H3/t16-/m0/s1. The summed E-state index contributed by atoms with van der Waals surface area (Å²) in [6, 6.07) is 6.86. The fourth-order valence-corrected chi connectivity index (χ4v) is 4.71. The Morgan fingerprint density at radius 2 is 2.12 bits per heavy atom. The van der Waals surface area contributed by atoms with Gasteiger partial charge in [-0.25, -0.2) is 8.42 Å². The Kier molecular flexibility index (Phi) is 5.31. The number of para-hydroxylation sites is 1. The van der Waals surface area contributed by atoms with Crippen molar-refractivity contribution in [1.29, 1.82) is 0 Å². The first-order valence-electron chi connectivity index (χ1n) is 8.57. The van der Waals surface area contributed by atoms with Crippen LogP contribution in [0, 0.1) is 0 Å². The van der Waals surface area contributed by atoms with Crippen LogP contribution in [0.4, 0.5) is 0 Å². The van der Waals surface area contributed by atoms with E-state index in [1.165, 1.54) is 0 Å². The molecule has 8 heteroatoms. The van der Waals surface area contributed by atoms with E-state index < -0.39 is 15.9 Å². The Labute approximate surface area is 153 Å². The van der Waals surface area contributed by atoms with E-state index >= 15 is 0 Å². The highest BCUT2D eigenvalue weighted by molar-refractivity contribution is 7.91. The molecule has 7 nitrogen and oxygen atoms in total. The van der Waals surface area contributed by atoms with Crippen molar-refractivity contribution >= 4 is 15.7 Å². The second kappa shape index (κ2) is 7.49. The van der Waals surface area contributed by atoms with Crippen LogP contribution in [0.3, 0.4) is 0 Å². The highest BCUT2D eigenvalue weighted by Gasteiger charge is 2.35. The largest absolute Gasteiger partial charge is 0.496 e. The molecule has 1 aromatic heterocycles. The maximum atomic E-state index is 13.0. The topological polar surface area (TPSA) is 81.5 Å². The minimum Gasteiger partial charge on any atom is -0.496 e. The normalized spacial score (nSPS) is 19.3. The maximum absolute atomic E-state index is 13.0. The molecule has 1 atom stereocenters. The third-order valence-corrected chi connectivity index (χ3v) is 6.28. The van der Waals surface area contributed by atoms with E-state index in [1.807, 2.05) is 37.4 Å². The average Bonchev–Trinajstić information content (AvgIpc) is 3.10. The molecule has 140 valence electrons. The molecule has 2 heterocycles. The Morgan fingerprint density at radius 3 is 2.81 bits per heavy atom. The average molecular weight is 377 g/mol. The second-order valence-corrected chi connectivity index (χ2v) is 8.56. The van der Waals surface area contributed by atoms with Crippen molar-refractivity contribution < 1.29 is 17.9 Å². The molecule has 0 unspecified atom stereocenters. The number of aromatic nitrogens is 2. The van der Waals surface area contributed by atoms with Gasteiger partial charge in [0.1, 0.15) is 5.75 Å². The molecule has 1 fully saturated rings. The SMILES string of the molecule is CCn1cc([C@@H]2CS(=O)(=O)CCN2C(=O)Cc2ccccc2OC)cn1. The maximum Gasteiger partial charge on any atom is 0.227 e. The molecule has 0 bridgehead atoms. The molecule has 0 aliphatic carbocycles. The molecular formula is C18H23N3O4S. The van der Waals surface area contributed by atoms with E-state index in [1.54, 1.807) is 22.9 Å². The fourth-order valence-electron chi connectivity index (χ4n) is 3.22. The summed E-state index contributed by atoms with van der Waals surface area (Å²) in [6.07, 6.45) is 3.63. The van der Waals surface area contributed by atoms with Gasteiger partial charge in [-0.15, -0.1) is 0 Å². The summed E-state index contributed by atoms with van der Waals surface area (Å²) in [5.74, 6) is 0.461. The molecule has 26 heavy (non-hydrogen) atoms. The van der Waals surface area contributed by atoms with E-state index in [4.69, 9.17) is 4.74 Å². The molecule has 0 spiro atoms. The van der Waals surface area contributed by atoms with Gasteiger partial charge >= 0.3 is 0 Å². The van der Waals surface area contributed by atoms with E-state index in [2.05, 4.69) is 5.10 Å². The highest BCUT2D eigenvalue weighted by Crippen LogP contribution is 2.28. The molecule has 2 aromatic rings. The summed E-state index contributed by atoms with van der Waals surface area (Å²) < 4.78 is 31.4. The molecule has 0 saturated carbocycles. The van der Waals surface area contributed by atoms with Gasteiger partial charge in [0.15, 0.2) is 9.84 Å². The van der Waals surface area contributed by atoms with Crippen molar-refractivity contribution in [1.82, 2.24) is 14.7 Å². The van der Waals surface area contributed by atoms with Crippen LogP contribution in [0.25, 0.3) is 0 Å². The van der Waals surface area contributed by atoms with Crippen molar-refractivity contribution in [3.05, 3.63) is 47.8 Å². The molecule has 3 rings (SSSR count). The number of rotatable bonds is 5. The first kappa shape index (κ1) is 18.4. The number of carbonyl (C=O) groups is 1. The van der Waals surface area contributed by atoms with Gasteiger partial charge in [-0.05, 0) is 13.0 Å². The summed E-state index contributed by atoms with van der Waals surface area (Å²) in [7, 11) is -1.62. The number of amides is 1. The lowest BCUT2D eigenvalue weighted by Gasteiger charge is -2.35. The van der Waals surface area contributed by atoms with Crippen LogP contribution in [0.15, 0.2) is 36.7 Å². The van der Waals surface area contributed by atoms with Crippen LogP contribution in [-0.2, 0) is 27.6 Å². The number of ether oxygens (including phenoxy) is 1. The van der Waals surface area contributed by atoms with Crippen LogP contribution in [-0.4, -0.2) is 54.2 Å². The second-order valence-electron chi connectivity index (χ2n) is 6.34. The highest BCUT2D eigenvalue weighted by atomic mass is 32.2. The van der Waals surface area contributed by atoms with E-state index in [9.17, 15) is 13.2 Å². The first-order chi connectivity index (χ1) is 12.4. The third kappa shape index (κ3) is 3.90. The third-order valence-electron chi connectivity index (χ3n) is 4.65. The van der Waals surface area contributed by atoms with Crippen LogP contribution in [0.2, 0.25) is 0 Å². The summed E-state index contributed by atoms with van der Waals surface area (Å²) in [5.41, 5.74) is 1.54. The predicted octanol–water partition coefficient (Wildman–Crippen LogP) is 1.45. The van der Waals surface area contributed by atoms with Gasteiger partial charge in [-0.1, -0.05) is 18.2 Å². The quantitative estimate of drug-likeness (QED) is 0.788. The van der Waals surface area contributed by atoms with Gasteiger partial charge in [0.2, 0.25) is 5.91 Å². The molecular weight excluding hydrogens is 354 g/mol. The number of hydrogen-bond acceptors (Lipinski definition) is 5. The number of hydrogen-bond donors (Lipinski definition) is 0. The van der Waals surface area contributed by atoms with Crippen molar-refractivity contribution in [3.63, 3.8) is 0 Å². The zero-order valence-corrected chi connectivity index (χ0v) is 15.8. The Morgan fingerprint density at radius 1 is 1.35 bits per heavy atom. The van der Waals surface area contributed by atoms with Gasteiger partial charge in [-0.3, -0.25) is 9.48 Å². The van der Waals surface area contributed by atoms with Crippen LogP contribution in [0.1, 0.15) is 24.1 Å². The zero-order chi connectivity index (χ0) is 18.7. The summed E-state index contributed by atoms with van der Waals surface area (Å²) in [6.45, 7) is 2.84. The number of sulfone groups is 1. The zero-order valence-electron chi connectivity index (χ0n) is 15.0. The van der Waals surface area contributed by atoms with Crippen molar-refractivity contribution in [2.24, 2.45) is 0 Å². The Bertz CT molecular complexity index is 891. The minimum absolute atomic E-state index is 0.0108. The van der Waals surface area contributed by atoms with Gasteiger partial charge in [-0.2, -0.15) is 5.10 Å². The summed E-state index contributed by atoms with van der Waals surface area (Å²) >= 11 is 0. The van der Waals surface area contributed by atoms with Crippen LogP contribution >= 0.6 is 0 Å². The molecule has 0 radical (unpaired) electrons. The Hall–Kier alpha value is -2.35. The number of benzene rings is 1. The number of aryl methyl sites for hydroxylation is 1. The van der Waals surface area contributed by atoms with Crippen molar-refractivity contribution in [3.8, 4) is 5.75 Å². The molecule has 1 saturated heterocycles. The fraction of sp³-hybridized carbons (Fsp3) is 0.444. The monoisotopic (exact) mass is 377 g/mol. The summed E-state index contributed by atoms with van der Waals surface area (Å²) in [4.78, 5) is 14.6. The van der Waals surface area contributed by atoms with Crippen molar-refractivity contribution in [2.75, 3.05) is 25.2 Å². The van der Waals surface area contributed by atoms with E-state index in [-0.39, 0.29) is 30.4 Å². The lowest BCUT2D eigenvalue weighted by atomic mass is 10.1. The lowest BCUT2D eigenvalue weighted by molar-refractivity contribution is -0.132. The first-order valence-corrected chi connectivity index (χ1v) is 10.4. The Balaban J connectivity index is 1.86. The number of carbonyl (C=O) groups excluding carboxylic acids is 1. The lowest BCUT2D eigenvalue weighted by Crippen LogP contribution is -2.46. The number of nitrogens with zero attached hydrogens (tertiary/aromatic N) is 3. The summed E-state index contributed by atoms with van der Waals surface area (Å²) in [5, 5.41) is 4.23. The van der Waals surface area contributed by atoms with Crippen LogP contribution in [0.5, 0.6) is 5.75 Å².